The van der Waals surface area contributed by atoms with Gasteiger partial charge in [-0.3, -0.25) is 4.79 Å². The molecule has 0 radical (unpaired) electrons. The second-order valence-electron chi connectivity index (χ2n) is 5.28. The Hall–Kier alpha value is -1.61. The van der Waals surface area contributed by atoms with Gasteiger partial charge in [0.15, 0.2) is 0 Å². The van der Waals surface area contributed by atoms with Crippen LogP contribution in [0.15, 0.2) is 54.6 Å². The Labute approximate surface area is 128 Å². The Morgan fingerprint density at radius 2 is 1.65 bits per heavy atom. The first kappa shape index (κ1) is 14.8. The first-order chi connectivity index (χ1) is 9.53. The predicted octanol–water partition coefficient (Wildman–Crippen LogP) is 4.25. The molecule has 0 unspecified atom stereocenters. The number of alkyl halides is 1. The molecular formula is C17H18BrNO. The molecule has 0 aliphatic rings. The molecule has 2 aromatic rings. The fourth-order valence-electron chi connectivity index (χ4n) is 2.03. The lowest BCUT2D eigenvalue weighted by Crippen LogP contribution is -2.40. The lowest BCUT2D eigenvalue weighted by atomic mass is 9.94. The minimum atomic E-state index is -0.396. The molecule has 0 saturated heterocycles. The van der Waals surface area contributed by atoms with Crippen LogP contribution in [0, 0.1) is 0 Å². The van der Waals surface area contributed by atoms with E-state index >= 15 is 0 Å². The van der Waals surface area contributed by atoms with Crippen LogP contribution in [0.5, 0.6) is 0 Å². The maximum absolute atomic E-state index is 12.3. The van der Waals surface area contributed by atoms with Crippen LogP contribution >= 0.6 is 15.9 Å². The lowest BCUT2D eigenvalue weighted by Gasteiger charge is -2.27. The quantitative estimate of drug-likeness (QED) is 0.834. The number of nitrogens with one attached hydrogen (secondary N) is 1. The molecule has 2 aromatic carbocycles. The second-order valence-corrected chi connectivity index (χ2v) is 5.84. The van der Waals surface area contributed by atoms with E-state index in [0.717, 1.165) is 16.5 Å². The molecule has 0 atom stereocenters. The summed E-state index contributed by atoms with van der Waals surface area (Å²) in [6, 6.07) is 17.6. The Balaban J connectivity index is 2.14. The van der Waals surface area contributed by atoms with Crippen molar-refractivity contribution in [3.8, 4) is 0 Å². The number of hydrogen-bond acceptors (Lipinski definition) is 1. The lowest BCUT2D eigenvalue weighted by molar-refractivity contribution is 0.0912. The van der Waals surface area contributed by atoms with Crippen molar-refractivity contribution in [2.45, 2.75) is 24.7 Å². The van der Waals surface area contributed by atoms with Gasteiger partial charge in [-0.2, -0.15) is 0 Å². The molecule has 0 spiro atoms. The monoisotopic (exact) mass is 331 g/mol. The van der Waals surface area contributed by atoms with E-state index in [2.05, 4.69) is 21.2 Å². The highest BCUT2D eigenvalue weighted by Crippen LogP contribution is 2.20. The smallest absolute Gasteiger partial charge is 0.251 e. The Kier molecular flexibility index (Phi) is 4.61. The minimum absolute atomic E-state index is 0.0556. The number of hydrogen-bond donors (Lipinski definition) is 1. The number of halogens is 1. The highest BCUT2D eigenvalue weighted by atomic mass is 79.9. The van der Waals surface area contributed by atoms with Crippen LogP contribution in [0.4, 0.5) is 0 Å². The van der Waals surface area contributed by atoms with Gasteiger partial charge in [-0.05, 0) is 37.1 Å². The maximum atomic E-state index is 12.3. The summed E-state index contributed by atoms with van der Waals surface area (Å²) >= 11 is 3.40. The van der Waals surface area contributed by atoms with Gasteiger partial charge >= 0.3 is 0 Å². The number of carbonyl (C=O) groups is 1. The Morgan fingerprint density at radius 1 is 1.05 bits per heavy atom. The van der Waals surface area contributed by atoms with Crippen molar-refractivity contribution in [3.63, 3.8) is 0 Å². The van der Waals surface area contributed by atoms with Gasteiger partial charge in [-0.1, -0.05) is 58.4 Å². The van der Waals surface area contributed by atoms with E-state index in [0.29, 0.717) is 5.56 Å². The highest BCUT2D eigenvalue weighted by Gasteiger charge is 2.22. The van der Waals surface area contributed by atoms with Gasteiger partial charge in [-0.25, -0.2) is 0 Å². The fourth-order valence-corrected chi connectivity index (χ4v) is 2.40. The van der Waals surface area contributed by atoms with E-state index < -0.39 is 5.54 Å². The van der Waals surface area contributed by atoms with Crippen molar-refractivity contribution in [1.82, 2.24) is 5.32 Å². The van der Waals surface area contributed by atoms with Gasteiger partial charge in [0.25, 0.3) is 5.91 Å². The van der Waals surface area contributed by atoms with Crippen molar-refractivity contribution in [3.05, 3.63) is 71.3 Å². The molecule has 0 heterocycles. The molecule has 1 amide bonds. The maximum Gasteiger partial charge on any atom is 0.251 e. The predicted molar refractivity (Wildman–Crippen MR) is 86.0 cm³/mol. The third kappa shape index (κ3) is 3.48. The summed E-state index contributed by atoms with van der Waals surface area (Å²) in [6.45, 7) is 4.01. The van der Waals surface area contributed by atoms with Crippen molar-refractivity contribution in [1.29, 1.82) is 0 Å². The second kappa shape index (κ2) is 6.23. The van der Waals surface area contributed by atoms with Crippen LogP contribution in [0.2, 0.25) is 0 Å². The van der Waals surface area contributed by atoms with E-state index in [1.807, 2.05) is 68.4 Å². The summed E-state index contributed by atoms with van der Waals surface area (Å²) in [5, 5.41) is 3.87. The Morgan fingerprint density at radius 3 is 2.20 bits per heavy atom. The molecule has 0 bridgehead atoms. The molecule has 0 saturated carbocycles. The molecule has 2 rings (SSSR count). The first-order valence-corrected chi connectivity index (χ1v) is 7.68. The first-order valence-electron chi connectivity index (χ1n) is 6.56. The molecule has 3 heteroatoms. The number of amides is 1. The summed E-state index contributed by atoms with van der Waals surface area (Å²) < 4.78 is 0. The molecule has 1 N–H and O–H groups in total. The minimum Gasteiger partial charge on any atom is -0.343 e. The zero-order valence-electron chi connectivity index (χ0n) is 11.7. The van der Waals surface area contributed by atoms with Gasteiger partial charge < -0.3 is 5.32 Å². The number of rotatable bonds is 4. The number of carbonyl (C=O) groups excluding carboxylic acids is 1. The highest BCUT2D eigenvalue weighted by molar-refractivity contribution is 9.08. The van der Waals surface area contributed by atoms with E-state index in [4.69, 9.17) is 0 Å². The zero-order chi connectivity index (χ0) is 14.6. The van der Waals surface area contributed by atoms with E-state index in [-0.39, 0.29) is 5.91 Å². The summed E-state index contributed by atoms with van der Waals surface area (Å²) in [6.07, 6.45) is 0. The van der Waals surface area contributed by atoms with Gasteiger partial charge in [0, 0.05) is 10.9 Å². The normalized spacial score (nSPS) is 11.2. The molecule has 104 valence electrons. The SMILES string of the molecule is CC(C)(NC(=O)c1ccc(CBr)cc1)c1ccccc1. The standard InChI is InChI=1S/C17H18BrNO/c1-17(2,15-6-4-3-5-7-15)19-16(20)14-10-8-13(12-18)9-11-14/h3-11H,12H2,1-2H3,(H,19,20). The van der Waals surface area contributed by atoms with Crippen LogP contribution in [0.3, 0.4) is 0 Å². The van der Waals surface area contributed by atoms with E-state index in [1.54, 1.807) is 0 Å². The van der Waals surface area contributed by atoms with Gasteiger partial charge in [0.05, 0.1) is 5.54 Å². The van der Waals surface area contributed by atoms with Crippen LogP contribution < -0.4 is 5.32 Å². The third-order valence-corrected chi connectivity index (χ3v) is 3.94. The average molecular weight is 332 g/mol. The van der Waals surface area contributed by atoms with Crippen molar-refractivity contribution >= 4 is 21.8 Å². The van der Waals surface area contributed by atoms with Crippen LogP contribution in [0.25, 0.3) is 0 Å². The Bertz CT molecular complexity index is 576. The van der Waals surface area contributed by atoms with E-state index in [9.17, 15) is 4.79 Å². The third-order valence-electron chi connectivity index (χ3n) is 3.29. The number of benzene rings is 2. The molecule has 20 heavy (non-hydrogen) atoms. The average Bonchev–Trinajstić information content (AvgIpc) is 2.48. The van der Waals surface area contributed by atoms with Gasteiger partial charge in [-0.15, -0.1) is 0 Å². The fraction of sp³-hybridized carbons (Fsp3) is 0.235. The van der Waals surface area contributed by atoms with Crippen molar-refractivity contribution < 1.29 is 4.79 Å². The van der Waals surface area contributed by atoms with Gasteiger partial charge in [0.2, 0.25) is 0 Å². The molecular weight excluding hydrogens is 314 g/mol. The van der Waals surface area contributed by atoms with E-state index in [1.165, 1.54) is 0 Å². The summed E-state index contributed by atoms with van der Waals surface area (Å²) in [7, 11) is 0. The zero-order valence-corrected chi connectivity index (χ0v) is 13.3. The van der Waals surface area contributed by atoms with Crippen LogP contribution in [-0.2, 0) is 10.9 Å². The molecule has 0 aromatic heterocycles. The largest absolute Gasteiger partial charge is 0.343 e. The van der Waals surface area contributed by atoms with Crippen LogP contribution in [-0.4, -0.2) is 5.91 Å². The van der Waals surface area contributed by atoms with Gasteiger partial charge in [0.1, 0.15) is 0 Å². The van der Waals surface area contributed by atoms with Crippen molar-refractivity contribution in [2.24, 2.45) is 0 Å². The molecule has 0 fully saturated rings. The molecule has 0 aliphatic heterocycles. The van der Waals surface area contributed by atoms with Crippen LogP contribution in [0.1, 0.15) is 35.3 Å². The summed E-state index contributed by atoms with van der Waals surface area (Å²) in [5.41, 5.74) is 2.53. The topological polar surface area (TPSA) is 29.1 Å². The van der Waals surface area contributed by atoms with Crippen molar-refractivity contribution in [2.75, 3.05) is 0 Å². The molecule has 0 aliphatic carbocycles. The summed E-state index contributed by atoms with van der Waals surface area (Å²) in [5.74, 6) is -0.0556. The summed E-state index contributed by atoms with van der Waals surface area (Å²) in [4.78, 5) is 12.3. The molecule has 2 nitrogen and oxygen atoms in total.